The van der Waals surface area contributed by atoms with E-state index in [1.54, 1.807) is 13.0 Å². The lowest BCUT2D eigenvalue weighted by Crippen LogP contribution is -2.17. The topological polar surface area (TPSA) is 81.4 Å². The van der Waals surface area contributed by atoms with Gasteiger partial charge in [0.15, 0.2) is 5.82 Å². The lowest BCUT2D eigenvalue weighted by atomic mass is 10.0. The van der Waals surface area contributed by atoms with Crippen molar-refractivity contribution in [1.29, 1.82) is 0 Å². The number of alkyl halides is 6. The van der Waals surface area contributed by atoms with E-state index in [9.17, 15) is 26.3 Å². The molecule has 3 heterocycles. The summed E-state index contributed by atoms with van der Waals surface area (Å²) in [4.78, 5) is 16.2. The summed E-state index contributed by atoms with van der Waals surface area (Å²) < 4.78 is 81.7. The molecule has 0 saturated carbocycles. The van der Waals surface area contributed by atoms with Crippen molar-refractivity contribution in [3.8, 4) is 5.95 Å². The fourth-order valence-electron chi connectivity index (χ4n) is 3.17. The molecule has 0 saturated heterocycles. The second-order valence-corrected chi connectivity index (χ2v) is 6.72. The third kappa shape index (κ3) is 4.05. The second kappa shape index (κ2) is 7.73. The number of aromatic nitrogens is 6. The van der Waals surface area contributed by atoms with Gasteiger partial charge in [-0.1, -0.05) is 0 Å². The molecule has 1 unspecified atom stereocenters. The number of nitrogens with one attached hydrogen (secondary N) is 1. The van der Waals surface area contributed by atoms with E-state index in [1.807, 2.05) is 0 Å². The van der Waals surface area contributed by atoms with E-state index in [0.29, 0.717) is 6.07 Å². The predicted molar refractivity (Wildman–Crippen MR) is 101 cm³/mol. The van der Waals surface area contributed by atoms with Crippen LogP contribution in [0, 0.1) is 0 Å². The Morgan fingerprint density at radius 1 is 0.875 bits per heavy atom. The zero-order valence-corrected chi connectivity index (χ0v) is 16.1. The van der Waals surface area contributed by atoms with Gasteiger partial charge in [-0.3, -0.25) is 0 Å². The Hall–Kier alpha value is -3.77. The Bertz CT molecular complexity index is 1250. The number of anilines is 1. The van der Waals surface area contributed by atoms with Crippen molar-refractivity contribution in [3.05, 3.63) is 66.1 Å². The largest absolute Gasteiger partial charge is 0.417 e. The Morgan fingerprint density at radius 2 is 1.59 bits per heavy atom. The molecule has 0 fully saturated rings. The second-order valence-electron chi connectivity index (χ2n) is 6.72. The lowest BCUT2D eigenvalue weighted by molar-refractivity contribution is -0.142. The third-order valence-corrected chi connectivity index (χ3v) is 4.57. The van der Waals surface area contributed by atoms with Gasteiger partial charge in [-0.25, -0.2) is 19.9 Å². The van der Waals surface area contributed by atoms with E-state index in [0.717, 1.165) is 12.3 Å². The minimum absolute atomic E-state index is 0.0961. The molecule has 0 aliphatic carbocycles. The van der Waals surface area contributed by atoms with E-state index in [1.165, 1.54) is 23.4 Å². The molecular formula is C19H13F6N7. The first-order chi connectivity index (χ1) is 15.1. The van der Waals surface area contributed by atoms with Crippen LogP contribution in [0.1, 0.15) is 29.9 Å². The molecule has 1 N–H and O–H groups in total. The maximum atomic E-state index is 13.5. The zero-order valence-electron chi connectivity index (χ0n) is 16.1. The van der Waals surface area contributed by atoms with Crippen LogP contribution in [0.2, 0.25) is 0 Å². The molecule has 4 rings (SSSR count). The minimum Gasteiger partial charge on any atom is -0.360 e. The molecule has 0 aliphatic rings. The summed E-state index contributed by atoms with van der Waals surface area (Å²) in [6.07, 6.45) is -4.69. The average Bonchev–Trinajstić information content (AvgIpc) is 3.22. The van der Waals surface area contributed by atoms with Gasteiger partial charge in [0.25, 0.3) is 5.95 Å². The van der Waals surface area contributed by atoms with Crippen molar-refractivity contribution in [2.45, 2.75) is 25.3 Å². The smallest absolute Gasteiger partial charge is 0.360 e. The van der Waals surface area contributed by atoms with Crippen LogP contribution in [-0.2, 0) is 12.4 Å². The number of hydrogen-bond donors (Lipinski definition) is 1. The predicted octanol–water partition coefficient (Wildman–Crippen LogP) is 4.82. The molecule has 3 aromatic heterocycles. The Morgan fingerprint density at radius 3 is 2.25 bits per heavy atom. The number of hydrogen-bond acceptors (Lipinski definition) is 6. The summed E-state index contributed by atoms with van der Waals surface area (Å²) in [5.41, 5.74) is -2.83. The SMILES string of the molecule is CC(Nc1nccc2c(C(F)(F)F)cc(C(F)(F)F)cc12)c1ncnn1-c1ncccn1. The van der Waals surface area contributed by atoms with Crippen LogP contribution >= 0.6 is 0 Å². The molecule has 0 radical (unpaired) electrons. The molecule has 0 amide bonds. The summed E-state index contributed by atoms with van der Waals surface area (Å²) in [6, 6.07) is 2.63. The first-order valence-electron chi connectivity index (χ1n) is 9.06. The zero-order chi connectivity index (χ0) is 23.1. The van der Waals surface area contributed by atoms with Crippen LogP contribution in [0.3, 0.4) is 0 Å². The molecular weight excluding hydrogens is 440 g/mol. The van der Waals surface area contributed by atoms with Crippen LogP contribution in [0.5, 0.6) is 0 Å². The molecule has 0 bridgehead atoms. The lowest BCUT2D eigenvalue weighted by Gasteiger charge is -2.19. The Kier molecular flexibility index (Phi) is 5.18. The van der Waals surface area contributed by atoms with E-state index in [-0.39, 0.29) is 29.0 Å². The minimum atomic E-state index is -4.99. The highest BCUT2D eigenvalue weighted by molar-refractivity contribution is 5.95. The fraction of sp³-hybridized carbons (Fsp3) is 0.211. The van der Waals surface area contributed by atoms with E-state index in [2.05, 4.69) is 30.4 Å². The van der Waals surface area contributed by atoms with E-state index < -0.39 is 34.9 Å². The molecule has 13 heteroatoms. The number of halogens is 6. The number of rotatable bonds is 4. The molecule has 32 heavy (non-hydrogen) atoms. The van der Waals surface area contributed by atoms with E-state index >= 15 is 0 Å². The van der Waals surface area contributed by atoms with Gasteiger partial charge in [-0.15, -0.1) is 0 Å². The molecule has 1 atom stereocenters. The van der Waals surface area contributed by atoms with Crippen molar-refractivity contribution in [3.63, 3.8) is 0 Å². The molecule has 1 aromatic carbocycles. The molecule has 0 aliphatic heterocycles. The van der Waals surface area contributed by atoms with Gasteiger partial charge < -0.3 is 5.32 Å². The normalized spacial score (nSPS) is 13.3. The maximum absolute atomic E-state index is 13.5. The number of fused-ring (bicyclic) bond motifs is 1. The molecule has 166 valence electrons. The maximum Gasteiger partial charge on any atom is 0.417 e. The number of nitrogens with zero attached hydrogens (tertiary/aromatic N) is 6. The highest BCUT2D eigenvalue weighted by Crippen LogP contribution is 2.41. The average molecular weight is 453 g/mol. The first kappa shape index (κ1) is 21.5. The molecule has 0 spiro atoms. The van der Waals surface area contributed by atoms with Gasteiger partial charge in [0.05, 0.1) is 17.2 Å². The van der Waals surface area contributed by atoms with Crippen molar-refractivity contribution >= 4 is 16.6 Å². The fourth-order valence-corrected chi connectivity index (χ4v) is 3.17. The number of pyridine rings is 1. The van der Waals surface area contributed by atoms with Crippen molar-refractivity contribution in [2.24, 2.45) is 0 Å². The van der Waals surface area contributed by atoms with Crippen LogP contribution in [0.15, 0.2) is 49.2 Å². The first-order valence-corrected chi connectivity index (χ1v) is 9.06. The summed E-state index contributed by atoms with van der Waals surface area (Å²) >= 11 is 0. The van der Waals surface area contributed by atoms with Gasteiger partial charge >= 0.3 is 12.4 Å². The number of benzene rings is 1. The van der Waals surface area contributed by atoms with Crippen molar-refractivity contribution < 1.29 is 26.3 Å². The van der Waals surface area contributed by atoms with Gasteiger partial charge in [-0.2, -0.15) is 36.1 Å². The monoisotopic (exact) mass is 453 g/mol. The van der Waals surface area contributed by atoms with Crippen molar-refractivity contribution in [2.75, 3.05) is 5.32 Å². The Balaban J connectivity index is 1.80. The van der Waals surface area contributed by atoms with E-state index in [4.69, 9.17) is 0 Å². The quantitative estimate of drug-likeness (QED) is 0.447. The highest BCUT2D eigenvalue weighted by atomic mass is 19.4. The Labute approximate surface area is 176 Å². The summed E-state index contributed by atoms with van der Waals surface area (Å²) in [6.45, 7) is 1.60. The van der Waals surface area contributed by atoms with Gasteiger partial charge in [0.2, 0.25) is 0 Å². The summed E-state index contributed by atoms with van der Waals surface area (Å²) in [5.74, 6) is 0.298. The van der Waals surface area contributed by atoms with Crippen LogP contribution in [0.4, 0.5) is 32.2 Å². The van der Waals surface area contributed by atoms with Gasteiger partial charge in [0, 0.05) is 24.0 Å². The van der Waals surface area contributed by atoms with Crippen LogP contribution in [0.25, 0.3) is 16.7 Å². The van der Waals surface area contributed by atoms with Gasteiger partial charge in [0.1, 0.15) is 12.1 Å². The molecule has 7 nitrogen and oxygen atoms in total. The standard InChI is InChI=1S/C19H13F6N7/c1-10(16-29-9-30-32(16)17-27-4-2-5-28-17)31-15-13-7-11(18(20,21)22)8-14(19(23,24)25)12(13)3-6-26-15/h2-10H,1H3,(H,26,31). The highest BCUT2D eigenvalue weighted by Gasteiger charge is 2.38. The van der Waals surface area contributed by atoms with Gasteiger partial charge in [-0.05, 0) is 36.6 Å². The third-order valence-electron chi connectivity index (χ3n) is 4.57. The van der Waals surface area contributed by atoms with Crippen molar-refractivity contribution in [1.82, 2.24) is 29.7 Å². The molecule has 4 aromatic rings. The summed E-state index contributed by atoms with van der Waals surface area (Å²) in [7, 11) is 0. The van der Waals surface area contributed by atoms with Crippen LogP contribution < -0.4 is 5.32 Å². The van der Waals surface area contributed by atoms with Crippen LogP contribution in [-0.4, -0.2) is 29.7 Å². The summed E-state index contributed by atoms with van der Waals surface area (Å²) in [5, 5.41) is 6.11.